The van der Waals surface area contributed by atoms with Crippen LogP contribution in [-0.4, -0.2) is 25.0 Å². The second-order valence-electron chi connectivity index (χ2n) is 2.66. The van der Waals surface area contributed by atoms with E-state index in [0.29, 0.717) is 0 Å². The Hall–Kier alpha value is -1.65. The van der Waals surface area contributed by atoms with Gasteiger partial charge in [-0.1, -0.05) is 0 Å². The molecule has 2 heterocycles. The lowest BCUT2D eigenvalue weighted by atomic mass is 10.4. The van der Waals surface area contributed by atoms with Crippen LogP contribution in [0.4, 0.5) is 0 Å². The third-order valence-electron chi connectivity index (χ3n) is 1.66. The van der Waals surface area contributed by atoms with E-state index in [9.17, 15) is 0 Å². The molecule has 0 fully saturated rings. The van der Waals surface area contributed by atoms with Crippen LogP contribution < -0.4 is 0 Å². The molecule has 0 bridgehead atoms. The SMILES string of the molecule is Cc1cc(-n2cnnc2C)n[nH]1. The highest BCUT2D eigenvalue weighted by molar-refractivity contribution is 5.23. The van der Waals surface area contributed by atoms with Gasteiger partial charge in [0.25, 0.3) is 0 Å². The largest absolute Gasteiger partial charge is 0.281 e. The van der Waals surface area contributed by atoms with Crippen LogP contribution in [0, 0.1) is 13.8 Å². The van der Waals surface area contributed by atoms with E-state index >= 15 is 0 Å². The minimum atomic E-state index is 0.829. The molecule has 5 nitrogen and oxygen atoms in total. The minimum Gasteiger partial charge on any atom is -0.281 e. The van der Waals surface area contributed by atoms with Gasteiger partial charge in [0.2, 0.25) is 0 Å². The maximum atomic E-state index is 4.08. The Kier molecular flexibility index (Phi) is 1.43. The lowest BCUT2D eigenvalue weighted by molar-refractivity contribution is 0.908. The van der Waals surface area contributed by atoms with Crippen LogP contribution in [0.1, 0.15) is 11.5 Å². The molecule has 0 spiro atoms. The van der Waals surface area contributed by atoms with Crippen LogP contribution in [0.25, 0.3) is 5.82 Å². The summed E-state index contributed by atoms with van der Waals surface area (Å²) in [6.07, 6.45) is 1.64. The number of aromatic nitrogens is 5. The van der Waals surface area contributed by atoms with E-state index in [1.54, 1.807) is 6.33 Å². The highest BCUT2D eigenvalue weighted by Gasteiger charge is 2.03. The quantitative estimate of drug-likeness (QED) is 0.670. The molecule has 12 heavy (non-hydrogen) atoms. The average molecular weight is 163 g/mol. The first-order valence-electron chi connectivity index (χ1n) is 3.66. The van der Waals surface area contributed by atoms with Gasteiger partial charge in [-0.3, -0.25) is 9.67 Å². The zero-order valence-electron chi connectivity index (χ0n) is 6.94. The topological polar surface area (TPSA) is 59.4 Å². The fourth-order valence-corrected chi connectivity index (χ4v) is 1.04. The van der Waals surface area contributed by atoms with Crippen molar-refractivity contribution in [2.24, 2.45) is 0 Å². The number of aryl methyl sites for hydroxylation is 2. The van der Waals surface area contributed by atoms with E-state index in [2.05, 4.69) is 20.4 Å². The molecule has 0 atom stereocenters. The number of hydrogen-bond donors (Lipinski definition) is 1. The van der Waals surface area contributed by atoms with Gasteiger partial charge in [0.15, 0.2) is 5.82 Å². The molecule has 2 rings (SSSR count). The third kappa shape index (κ3) is 0.990. The fraction of sp³-hybridized carbons (Fsp3) is 0.286. The van der Waals surface area contributed by atoms with E-state index < -0.39 is 0 Å². The minimum absolute atomic E-state index is 0.829. The Labute approximate surface area is 69.4 Å². The van der Waals surface area contributed by atoms with E-state index in [4.69, 9.17) is 0 Å². The van der Waals surface area contributed by atoms with Gasteiger partial charge in [0, 0.05) is 11.8 Å². The molecule has 0 saturated carbocycles. The van der Waals surface area contributed by atoms with Gasteiger partial charge < -0.3 is 0 Å². The van der Waals surface area contributed by atoms with Crippen molar-refractivity contribution in [2.75, 3.05) is 0 Å². The van der Waals surface area contributed by atoms with Crippen LogP contribution in [-0.2, 0) is 0 Å². The molecular weight excluding hydrogens is 154 g/mol. The first kappa shape index (κ1) is 7.02. The van der Waals surface area contributed by atoms with Crippen molar-refractivity contribution in [1.29, 1.82) is 0 Å². The van der Waals surface area contributed by atoms with Crippen molar-refractivity contribution in [1.82, 2.24) is 25.0 Å². The molecule has 0 aliphatic carbocycles. The van der Waals surface area contributed by atoms with Gasteiger partial charge in [-0.25, -0.2) is 0 Å². The van der Waals surface area contributed by atoms with Crippen LogP contribution in [0.3, 0.4) is 0 Å². The summed E-state index contributed by atoms with van der Waals surface area (Å²) in [6.45, 7) is 3.84. The Morgan fingerprint density at radius 1 is 1.42 bits per heavy atom. The second-order valence-corrected chi connectivity index (χ2v) is 2.66. The van der Waals surface area contributed by atoms with Gasteiger partial charge in [-0.05, 0) is 13.8 Å². The number of nitrogens with one attached hydrogen (secondary N) is 1. The summed E-state index contributed by atoms with van der Waals surface area (Å²) >= 11 is 0. The highest BCUT2D eigenvalue weighted by Crippen LogP contribution is 2.05. The molecule has 2 aromatic heterocycles. The number of hydrogen-bond acceptors (Lipinski definition) is 3. The summed E-state index contributed by atoms with van der Waals surface area (Å²) in [7, 11) is 0. The average Bonchev–Trinajstić information content (AvgIpc) is 2.58. The zero-order chi connectivity index (χ0) is 8.55. The number of nitrogens with zero attached hydrogens (tertiary/aromatic N) is 4. The normalized spacial score (nSPS) is 10.5. The fourth-order valence-electron chi connectivity index (χ4n) is 1.04. The van der Waals surface area contributed by atoms with Gasteiger partial charge in [0.1, 0.15) is 12.2 Å². The predicted octanol–water partition coefficient (Wildman–Crippen LogP) is 0.607. The second kappa shape index (κ2) is 2.44. The lowest BCUT2D eigenvalue weighted by Gasteiger charge is -1.94. The van der Waals surface area contributed by atoms with Crippen LogP contribution in [0.2, 0.25) is 0 Å². The van der Waals surface area contributed by atoms with E-state index in [0.717, 1.165) is 17.3 Å². The van der Waals surface area contributed by atoms with E-state index in [1.807, 2.05) is 24.5 Å². The van der Waals surface area contributed by atoms with E-state index in [-0.39, 0.29) is 0 Å². The lowest BCUT2D eigenvalue weighted by Crippen LogP contribution is -1.95. The highest BCUT2D eigenvalue weighted by atomic mass is 15.3. The van der Waals surface area contributed by atoms with Gasteiger partial charge >= 0.3 is 0 Å². The summed E-state index contributed by atoms with van der Waals surface area (Å²) in [4.78, 5) is 0. The molecule has 0 saturated heterocycles. The monoisotopic (exact) mass is 163 g/mol. The Morgan fingerprint density at radius 2 is 2.25 bits per heavy atom. The van der Waals surface area contributed by atoms with Crippen molar-refractivity contribution in [3.05, 3.63) is 23.9 Å². The van der Waals surface area contributed by atoms with Crippen molar-refractivity contribution < 1.29 is 0 Å². The number of H-pyrrole nitrogens is 1. The Bertz CT molecular complexity index is 386. The standard InChI is InChI=1S/C7H9N5/c1-5-3-7(11-9-5)12-4-8-10-6(12)2/h3-4H,1-2H3,(H,9,11). The summed E-state index contributed by atoms with van der Waals surface area (Å²) in [6, 6.07) is 1.94. The van der Waals surface area contributed by atoms with Crippen LogP contribution >= 0.6 is 0 Å². The molecule has 0 aromatic carbocycles. The van der Waals surface area contributed by atoms with E-state index in [1.165, 1.54) is 0 Å². The third-order valence-corrected chi connectivity index (χ3v) is 1.66. The number of rotatable bonds is 1. The summed E-state index contributed by atoms with van der Waals surface area (Å²) in [5.41, 5.74) is 1.03. The number of aromatic amines is 1. The Morgan fingerprint density at radius 3 is 2.75 bits per heavy atom. The summed E-state index contributed by atoms with van der Waals surface area (Å²) in [5.74, 6) is 1.66. The molecule has 1 N–H and O–H groups in total. The molecule has 0 unspecified atom stereocenters. The summed E-state index contributed by atoms with van der Waals surface area (Å²) < 4.78 is 1.82. The predicted molar refractivity (Wildman–Crippen MR) is 43.0 cm³/mol. The summed E-state index contributed by atoms with van der Waals surface area (Å²) in [5, 5.41) is 14.6. The van der Waals surface area contributed by atoms with Crippen molar-refractivity contribution >= 4 is 0 Å². The first-order valence-corrected chi connectivity index (χ1v) is 3.66. The zero-order valence-corrected chi connectivity index (χ0v) is 6.94. The molecule has 62 valence electrons. The van der Waals surface area contributed by atoms with Crippen molar-refractivity contribution in [2.45, 2.75) is 13.8 Å². The molecule has 5 heteroatoms. The van der Waals surface area contributed by atoms with Crippen LogP contribution in [0.15, 0.2) is 12.4 Å². The van der Waals surface area contributed by atoms with Crippen molar-refractivity contribution in [3.8, 4) is 5.82 Å². The molecule has 0 aliphatic heterocycles. The molecule has 0 amide bonds. The maximum absolute atomic E-state index is 4.08. The van der Waals surface area contributed by atoms with Gasteiger partial charge in [-0.15, -0.1) is 10.2 Å². The first-order chi connectivity index (χ1) is 5.77. The van der Waals surface area contributed by atoms with Gasteiger partial charge in [0.05, 0.1) is 0 Å². The molecule has 0 radical (unpaired) electrons. The molecular formula is C7H9N5. The maximum Gasteiger partial charge on any atom is 0.161 e. The Balaban J connectivity index is 2.50. The van der Waals surface area contributed by atoms with Gasteiger partial charge in [-0.2, -0.15) is 5.10 Å². The smallest absolute Gasteiger partial charge is 0.161 e. The van der Waals surface area contributed by atoms with Crippen molar-refractivity contribution in [3.63, 3.8) is 0 Å². The van der Waals surface area contributed by atoms with Crippen LogP contribution in [0.5, 0.6) is 0 Å². The molecule has 2 aromatic rings. The molecule has 0 aliphatic rings.